The maximum atomic E-state index is 5.41. The van der Waals surface area contributed by atoms with Crippen LogP contribution in [0.15, 0.2) is 382 Å². The van der Waals surface area contributed by atoms with Crippen molar-refractivity contribution in [1.29, 1.82) is 0 Å². The summed E-state index contributed by atoms with van der Waals surface area (Å²) >= 11 is 3.48. The Morgan fingerprint density at radius 1 is 0.202 bits per heavy atom. The van der Waals surface area contributed by atoms with E-state index >= 15 is 0 Å². The monoisotopic (exact) mass is 1420 g/mol. The Kier molecular flexibility index (Phi) is 15.6. The Labute approximate surface area is 636 Å². The molecular formula is C102H63N5S2. The van der Waals surface area contributed by atoms with E-state index in [-0.39, 0.29) is 0 Å². The van der Waals surface area contributed by atoms with Gasteiger partial charge in [0.2, 0.25) is 0 Å². The maximum absolute atomic E-state index is 5.41. The van der Waals surface area contributed by atoms with Crippen LogP contribution in [0.2, 0.25) is 0 Å². The molecule has 0 unspecified atom stereocenters. The molecule has 0 saturated carbocycles. The molecule has 0 atom stereocenters. The Hall–Kier alpha value is -13.8. The molecule has 0 aliphatic heterocycles. The molecule has 22 aromatic rings. The lowest BCUT2D eigenvalue weighted by atomic mass is 9.91. The van der Waals surface area contributed by atoms with Gasteiger partial charge in [-0.05, 0) is 150 Å². The molecule has 0 saturated heterocycles. The SMILES string of the molecule is c1ccc(-c2nc3ccc(-c4ccc(-c5nc6ccc(-c7cccc(-n8c9ccccc9c9ccccc98)c7)cc6c6c5ccc5ccccc56)cc4)cc3s2)cc1.c1ccc(-c2nc3ccc(-c4ccc(-c5nc6ccc(-c7ccccc7-c7ccccc7)cc6c6c5ccc5ccccc56)cc4)cc3s2)cc1. The fraction of sp³-hybridized carbons (Fsp3) is 0. The van der Waals surface area contributed by atoms with Gasteiger partial charge in [0.05, 0.1) is 53.9 Å². The first-order chi connectivity index (χ1) is 54.0. The Balaban J connectivity index is 0.000000140. The summed E-state index contributed by atoms with van der Waals surface area (Å²) in [6.45, 7) is 0. The first-order valence-corrected chi connectivity index (χ1v) is 38.5. The van der Waals surface area contributed by atoms with Crippen molar-refractivity contribution in [2.75, 3.05) is 0 Å². The molecule has 0 radical (unpaired) electrons. The average molecular weight is 1420 g/mol. The van der Waals surface area contributed by atoms with Crippen molar-refractivity contribution in [3.63, 3.8) is 0 Å². The summed E-state index contributed by atoms with van der Waals surface area (Å²) in [5, 5.41) is 16.6. The molecule has 5 aromatic heterocycles. The minimum Gasteiger partial charge on any atom is -0.309 e. The number of aromatic nitrogens is 5. The van der Waals surface area contributed by atoms with E-state index in [2.05, 4.69) is 375 Å². The van der Waals surface area contributed by atoms with Crippen LogP contribution in [0, 0.1) is 0 Å². The number of hydrogen-bond acceptors (Lipinski definition) is 6. The Bertz CT molecular complexity index is 7270. The van der Waals surface area contributed by atoms with E-state index in [1.165, 1.54) is 114 Å². The normalized spacial score (nSPS) is 11.7. The fourth-order valence-electron chi connectivity index (χ4n) is 16.2. The Morgan fingerprint density at radius 2 is 0.569 bits per heavy atom. The van der Waals surface area contributed by atoms with Gasteiger partial charge >= 0.3 is 0 Å². The number of benzene rings is 17. The van der Waals surface area contributed by atoms with E-state index in [1.54, 1.807) is 22.7 Å². The van der Waals surface area contributed by atoms with Gasteiger partial charge in [-0.25, -0.2) is 19.9 Å². The third kappa shape index (κ3) is 11.4. The van der Waals surface area contributed by atoms with Crippen molar-refractivity contribution in [1.82, 2.24) is 24.5 Å². The van der Waals surface area contributed by atoms with Gasteiger partial charge in [-0.1, -0.05) is 309 Å². The molecule has 0 aliphatic rings. The first kappa shape index (κ1) is 63.6. The van der Waals surface area contributed by atoms with E-state index < -0.39 is 0 Å². The standard InChI is InChI=1S/C54H33N3S.C48H30N2S/c1-2-12-37(13-3-1)54-56-48-30-27-40(33-51(48)58-54)34-21-23-36(24-22-34)53-45-28-25-35-11-4-5-16-42(35)52(45)46-32-39(26-29-47(46)55-53)38-14-10-15-41(31-38)57-49-19-8-6-17-43(49)44-18-7-9-20-50(44)57;1-3-11-32(12-4-1)38-16-9-10-17-39(38)37-25-27-43-42(29-37)46-40-18-8-7-13-33(40)23-26-41(46)47(49-43)34-21-19-31(20-22-34)36-24-28-44-45(30-36)51-48(50-44)35-14-5-2-6-15-35/h1-33H;1-30H. The summed E-state index contributed by atoms with van der Waals surface area (Å²) in [7, 11) is 0. The molecular weight excluding hydrogens is 1360 g/mol. The van der Waals surface area contributed by atoms with Crippen molar-refractivity contribution >= 4 is 130 Å². The highest BCUT2D eigenvalue weighted by Crippen LogP contribution is 2.45. The first-order valence-electron chi connectivity index (χ1n) is 36.9. The van der Waals surface area contributed by atoms with E-state index in [4.69, 9.17) is 19.9 Å². The lowest BCUT2D eigenvalue weighted by Gasteiger charge is -2.15. The molecule has 22 rings (SSSR count). The zero-order chi connectivity index (χ0) is 71.9. The van der Waals surface area contributed by atoms with Crippen LogP contribution in [0.4, 0.5) is 0 Å². The number of rotatable bonds is 10. The third-order valence-corrected chi connectivity index (χ3v) is 23.6. The molecule has 5 nitrogen and oxygen atoms in total. The quantitative estimate of drug-likeness (QED) is 0.128. The summed E-state index contributed by atoms with van der Waals surface area (Å²) < 4.78 is 4.76. The van der Waals surface area contributed by atoms with Crippen LogP contribution in [-0.4, -0.2) is 24.5 Å². The smallest absolute Gasteiger partial charge is 0.124 e. The topological polar surface area (TPSA) is 56.5 Å². The maximum Gasteiger partial charge on any atom is 0.124 e. The van der Waals surface area contributed by atoms with E-state index in [0.717, 1.165) is 98.5 Å². The molecule has 0 bridgehead atoms. The molecule has 109 heavy (non-hydrogen) atoms. The number of pyridine rings is 2. The molecule has 5 heterocycles. The van der Waals surface area contributed by atoms with E-state index in [1.807, 2.05) is 12.1 Å². The number of para-hydroxylation sites is 2. The number of fused-ring (bicyclic) bond motifs is 15. The second-order valence-corrected chi connectivity index (χ2v) is 30.0. The second kappa shape index (κ2) is 26.6. The van der Waals surface area contributed by atoms with Crippen molar-refractivity contribution in [3.05, 3.63) is 382 Å². The summed E-state index contributed by atoms with van der Waals surface area (Å²) in [5.41, 5.74) is 26.0. The van der Waals surface area contributed by atoms with Crippen LogP contribution in [-0.2, 0) is 0 Å². The van der Waals surface area contributed by atoms with Crippen molar-refractivity contribution in [3.8, 4) is 105 Å². The zero-order valence-corrected chi connectivity index (χ0v) is 60.6. The van der Waals surface area contributed by atoms with Gasteiger partial charge in [0.1, 0.15) is 10.0 Å². The molecule has 0 fully saturated rings. The highest BCUT2D eigenvalue weighted by atomic mass is 32.1. The van der Waals surface area contributed by atoms with Crippen LogP contribution in [0.1, 0.15) is 0 Å². The summed E-state index contributed by atoms with van der Waals surface area (Å²) in [5.74, 6) is 0. The van der Waals surface area contributed by atoms with Gasteiger partial charge in [-0.15, -0.1) is 22.7 Å². The highest BCUT2D eigenvalue weighted by molar-refractivity contribution is 7.22. The predicted molar refractivity (Wildman–Crippen MR) is 463 cm³/mol. The predicted octanol–water partition coefficient (Wildman–Crippen LogP) is 28.4. The van der Waals surface area contributed by atoms with Gasteiger partial charge in [0.25, 0.3) is 0 Å². The lowest BCUT2D eigenvalue weighted by molar-refractivity contribution is 1.18. The largest absolute Gasteiger partial charge is 0.309 e. The van der Waals surface area contributed by atoms with Gasteiger partial charge < -0.3 is 4.57 Å². The summed E-state index contributed by atoms with van der Waals surface area (Å²) in [6, 6.07) is 137. The molecule has 0 spiro atoms. The number of hydrogen-bond donors (Lipinski definition) is 0. The fourth-order valence-corrected chi connectivity index (χ4v) is 18.2. The van der Waals surface area contributed by atoms with Gasteiger partial charge in [0, 0.05) is 71.0 Å². The van der Waals surface area contributed by atoms with Crippen LogP contribution >= 0.6 is 22.7 Å². The number of thiazole rings is 2. The van der Waals surface area contributed by atoms with Crippen LogP contribution < -0.4 is 0 Å². The minimum atomic E-state index is 0.982. The molecule has 0 amide bonds. The Morgan fingerprint density at radius 3 is 1.07 bits per heavy atom. The molecule has 17 aromatic carbocycles. The second-order valence-electron chi connectivity index (χ2n) is 27.9. The van der Waals surface area contributed by atoms with Gasteiger partial charge in [-0.3, -0.25) is 0 Å². The van der Waals surface area contributed by atoms with E-state index in [0.29, 0.717) is 0 Å². The molecule has 7 heteroatoms. The van der Waals surface area contributed by atoms with Crippen molar-refractivity contribution < 1.29 is 0 Å². The van der Waals surface area contributed by atoms with Gasteiger partial charge in [0.15, 0.2) is 0 Å². The summed E-state index contributed by atoms with van der Waals surface area (Å²) in [4.78, 5) is 20.6. The molecule has 0 N–H and O–H groups in total. The van der Waals surface area contributed by atoms with Crippen LogP contribution in [0.3, 0.4) is 0 Å². The minimum absolute atomic E-state index is 0.982. The average Bonchev–Trinajstić information content (AvgIpc) is 1.56. The van der Waals surface area contributed by atoms with Crippen molar-refractivity contribution in [2.45, 2.75) is 0 Å². The van der Waals surface area contributed by atoms with Crippen LogP contribution in [0.25, 0.3) is 212 Å². The van der Waals surface area contributed by atoms with Gasteiger partial charge in [-0.2, -0.15) is 0 Å². The number of nitrogens with zero attached hydrogens (tertiary/aromatic N) is 5. The highest BCUT2D eigenvalue weighted by Gasteiger charge is 2.20. The molecule has 508 valence electrons. The van der Waals surface area contributed by atoms with E-state index in [9.17, 15) is 0 Å². The molecule has 0 aliphatic carbocycles. The summed E-state index contributed by atoms with van der Waals surface area (Å²) in [6.07, 6.45) is 0. The zero-order valence-electron chi connectivity index (χ0n) is 58.9. The third-order valence-electron chi connectivity index (χ3n) is 21.5. The lowest BCUT2D eigenvalue weighted by Crippen LogP contribution is -1.94. The van der Waals surface area contributed by atoms with Crippen molar-refractivity contribution in [2.24, 2.45) is 0 Å². The van der Waals surface area contributed by atoms with Crippen LogP contribution in [0.5, 0.6) is 0 Å².